The smallest absolute Gasteiger partial charge is 0.251 e. The number of fused-ring (bicyclic) bond motifs is 1. The Hall–Kier alpha value is -3.15. The largest absolute Gasteiger partial charge is 0.348 e. The Bertz CT molecular complexity index is 962. The van der Waals surface area contributed by atoms with Crippen molar-refractivity contribution in [3.05, 3.63) is 70.3 Å². The van der Waals surface area contributed by atoms with Gasteiger partial charge in [0.15, 0.2) is 0 Å². The second-order valence-corrected chi connectivity index (χ2v) is 8.60. The highest BCUT2D eigenvalue weighted by Gasteiger charge is 2.23. The molecule has 2 aromatic rings. The van der Waals surface area contributed by atoms with Crippen LogP contribution in [0.4, 0.5) is 0 Å². The number of carbonyl (C=O) groups excluding carboxylic acids is 3. The third kappa shape index (κ3) is 4.95. The first-order chi connectivity index (χ1) is 15.0. The molecular weight excluding hydrogens is 390 g/mol. The maximum absolute atomic E-state index is 12.6. The second-order valence-electron chi connectivity index (χ2n) is 8.60. The molecule has 0 unspecified atom stereocenters. The van der Waals surface area contributed by atoms with Gasteiger partial charge in [-0.3, -0.25) is 14.4 Å². The molecule has 0 spiro atoms. The van der Waals surface area contributed by atoms with Crippen LogP contribution < -0.4 is 5.32 Å². The van der Waals surface area contributed by atoms with Crippen LogP contribution in [0.25, 0.3) is 0 Å². The summed E-state index contributed by atoms with van der Waals surface area (Å²) in [6.45, 7) is 4.96. The predicted octanol–water partition coefficient (Wildman–Crippen LogP) is 2.89. The van der Waals surface area contributed by atoms with Crippen LogP contribution >= 0.6 is 0 Å². The molecule has 0 aliphatic carbocycles. The van der Waals surface area contributed by atoms with Gasteiger partial charge in [-0.25, -0.2) is 0 Å². The highest BCUT2D eigenvalue weighted by atomic mass is 16.2. The van der Waals surface area contributed by atoms with Crippen LogP contribution in [0.5, 0.6) is 0 Å². The van der Waals surface area contributed by atoms with Crippen molar-refractivity contribution in [1.82, 2.24) is 15.1 Å². The molecule has 3 amide bonds. The fourth-order valence-corrected chi connectivity index (χ4v) is 4.55. The van der Waals surface area contributed by atoms with Crippen molar-refractivity contribution in [3.63, 3.8) is 0 Å². The summed E-state index contributed by atoms with van der Waals surface area (Å²) >= 11 is 0. The lowest BCUT2D eigenvalue weighted by Crippen LogP contribution is -2.33. The topological polar surface area (TPSA) is 69.7 Å². The van der Waals surface area contributed by atoms with Crippen molar-refractivity contribution in [3.8, 4) is 0 Å². The van der Waals surface area contributed by atoms with Gasteiger partial charge in [0.2, 0.25) is 12.3 Å². The zero-order chi connectivity index (χ0) is 21.8. The molecule has 0 saturated carbocycles. The molecule has 0 radical (unpaired) electrons. The molecule has 0 bridgehead atoms. The lowest BCUT2D eigenvalue weighted by atomic mass is 9.90. The van der Waals surface area contributed by atoms with E-state index < -0.39 is 0 Å². The van der Waals surface area contributed by atoms with Gasteiger partial charge in [-0.05, 0) is 59.6 Å². The summed E-state index contributed by atoms with van der Waals surface area (Å²) in [5, 5.41) is 3.02. The van der Waals surface area contributed by atoms with E-state index in [-0.39, 0.29) is 11.8 Å². The van der Waals surface area contributed by atoms with Crippen molar-refractivity contribution >= 4 is 18.2 Å². The van der Waals surface area contributed by atoms with Gasteiger partial charge in [-0.15, -0.1) is 0 Å². The second kappa shape index (κ2) is 9.33. The van der Waals surface area contributed by atoms with E-state index in [1.54, 1.807) is 6.92 Å². The van der Waals surface area contributed by atoms with Crippen molar-refractivity contribution < 1.29 is 14.4 Å². The summed E-state index contributed by atoms with van der Waals surface area (Å²) in [5.41, 5.74) is 5.25. The number of nitrogens with zero attached hydrogens (tertiary/aromatic N) is 2. The van der Waals surface area contributed by atoms with Gasteiger partial charge in [0.1, 0.15) is 0 Å². The molecule has 4 rings (SSSR count). The highest BCUT2D eigenvalue weighted by Crippen LogP contribution is 2.26. The number of hydrogen-bond acceptors (Lipinski definition) is 3. The first-order valence-electron chi connectivity index (χ1n) is 10.9. The van der Waals surface area contributed by atoms with Crippen LogP contribution in [0.3, 0.4) is 0 Å². The number of rotatable bonds is 6. The molecule has 162 valence electrons. The van der Waals surface area contributed by atoms with Crippen molar-refractivity contribution in [1.29, 1.82) is 0 Å². The van der Waals surface area contributed by atoms with Gasteiger partial charge in [0.05, 0.1) is 0 Å². The molecule has 1 saturated heterocycles. The zero-order valence-electron chi connectivity index (χ0n) is 18.0. The van der Waals surface area contributed by atoms with E-state index in [0.29, 0.717) is 31.1 Å². The van der Waals surface area contributed by atoms with E-state index in [4.69, 9.17) is 0 Å². The molecule has 0 aromatic heterocycles. The fourth-order valence-electron chi connectivity index (χ4n) is 4.55. The van der Waals surface area contributed by atoms with Crippen LogP contribution in [0.2, 0.25) is 0 Å². The Balaban J connectivity index is 1.32. The molecule has 1 fully saturated rings. The zero-order valence-corrected chi connectivity index (χ0v) is 18.0. The summed E-state index contributed by atoms with van der Waals surface area (Å²) < 4.78 is 0. The number of piperidine rings is 1. The quantitative estimate of drug-likeness (QED) is 0.732. The summed E-state index contributed by atoms with van der Waals surface area (Å²) in [5.74, 6) is 0.566. The predicted molar refractivity (Wildman–Crippen MR) is 118 cm³/mol. The lowest BCUT2D eigenvalue weighted by Gasteiger charge is -2.29. The van der Waals surface area contributed by atoms with Crippen LogP contribution in [-0.2, 0) is 35.6 Å². The average Bonchev–Trinajstić information content (AvgIpc) is 3.24. The summed E-state index contributed by atoms with van der Waals surface area (Å²) in [4.78, 5) is 38.8. The summed E-state index contributed by atoms with van der Waals surface area (Å²) in [6, 6.07) is 13.9. The van der Waals surface area contributed by atoms with Gasteiger partial charge in [0.25, 0.3) is 5.91 Å². The van der Waals surface area contributed by atoms with Gasteiger partial charge in [-0.2, -0.15) is 0 Å². The van der Waals surface area contributed by atoms with Crippen LogP contribution in [0.1, 0.15) is 52.4 Å². The molecule has 0 atom stereocenters. The van der Waals surface area contributed by atoms with E-state index in [9.17, 15) is 14.4 Å². The monoisotopic (exact) mass is 419 g/mol. The van der Waals surface area contributed by atoms with Crippen LogP contribution in [0.15, 0.2) is 42.5 Å². The Morgan fingerprint density at radius 3 is 2.48 bits per heavy atom. The maximum Gasteiger partial charge on any atom is 0.251 e. The average molecular weight is 420 g/mol. The fraction of sp³-hybridized carbons (Fsp3) is 0.400. The molecule has 2 heterocycles. The van der Waals surface area contributed by atoms with Gasteiger partial charge >= 0.3 is 0 Å². The summed E-state index contributed by atoms with van der Waals surface area (Å²) in [6.07, 6.45) is 3.98. The molecule has 1 N–H and O–H groups in total. The van der Waals surface area contributed by atoms with Gasteiger partial charge in [0, 0.05) is 45.2 Å². The van der Waals surface area contributed by atoms with Crippen LogP contribution in [-0.4, -0.2) is 41.1 Å². The van der Waals surface area contributed by atoms with Gasteiger partial charge in [-0.1, -0.05) is 30.3 Å². The molecule has 6 nitrogen and oxygen atoms in total. The Labute approximate surface area is 183 Å². The Kier molecular flexibility index (Phi) is 6.35. The third-order valence-electron chi connectivity index (χ3n) is 6.50. The molecular formula is C25H29N3O3. The minimum absolute atomic E-state index is 0.0700. The van der Waals surface area contributed by atoms with E-state index in [2.05, 4.69) is 5.32 Å². The van der Waals surface area contributed by atoms with Crippen molar-refractivity contribution in [2.24, 2.45) is 5.92 Å². The van der Waals surface area contributed by atoms with E-state index in [1.165, 1.54) is 5.56 Å². The first-order valence-corrected chi connectivity index (χ1v) is 10.9. The van der Waals surface area contributed by atoms with E-state index >= 15 is 0 Å². The number of nitrogens with one attached hydrogen (secondary N) is 1. The summed E-state index contributed by atoms with van der Waals surface area (Å²) in [7, 11) is 0. The SMILES string of the molecule is CC(=O)N1Cc2cccc(CNC(=O)c3ccc(CC4CCN(C=O)CC4)cc3)c2C1. The maximum atomic E-state index is 12.6. The molecule has 2 aromatic carbocycles. The number of hydrogen-bond donors (Lipinski definition) is 1. The Morgan fingerprint density at radius 1 is 1.06 bits per heavy atom. The molecule has 2 aliphatic rings. The highest BCUT2D eigenvalue weighted by molar-refractivity contribution is 5.94. The number of amides is 3. The number of likely N-dealkylation sites (tertiary alicyclic amines) is 1. The number of carbonyl (C=O) groups is 3. The standard InChI is InChI=1S/C25H29N3O3/c1-18(30)28-15-23-4-2-3-22(24(23)16-28)14-26-25(31)21-7-5-19(6-8-21)13-20-9-11-27(17-29)12-10-20/h2-8,17,20H,9-16H2,1H3,(H,26,31). The number of benzene rings is 2. The molecule has 6 heteroatoms. The Morgan fingerprint density at radius 2 is 1.81 bits per heavy atom. The minimum Gasteiger partial charge on any atom is -0.348 e. The van der Waals surface area contributed by atoms with Gasteiger partial charge < -0.3 is 15.1 Å². The van der Waals surface area contributed by atoms with Crippen molar-refractivity contribution in [2.75, 3.05) is 13.1 Å². The van der Waals surface area contributed by atoms with E-state index in [1.807, 2.05) is 52.3 Å². The van der Waals surface area contributed by atoms with Crippen molar-refractivity contribution in [2.45, 2.75) is 45.8 Å². The third-order valence-corrected chi connectivity index (χ3v) is 6.50. The normalized spacial score (nSPS) is 16.2. The lowest BCUT2D eigenvalue weighted by molar-refractivity contribution is -0.129. The molecule has 2 aliphatic heterocycles. The van der Waals surface area contributed by atoms with Crippen LogP contribution in [0, 0.1) is 5.92 Å². The molecule has 31 heavy (non-hydrogen) atoms. The first kappa shape index (κ1) is 21.1. The van der Waals surface area contributed by atoms with E-state index in [0.717, 1.165) is 55.5 Å². The minimum atomic E-state index is -0.0927.